The van der Waals surface area contributed by atoms with Crippen LogP contribution < -0.4 is 16.4 Å². The highest BCUT2D eigenvalue weighted by atomic mass is 35.5. The number of hydrogen-bond acceptors (Lipinski definition) is 6. The summed E-state index contributed by atoms with van der Waals surface area (Å²) in [6.45, 7) is -1.16. The average molecular weight is 468 g/mol. The topological polar surface area (TPSA) is 120 Å². The highest BCUT2D eigenvalue weighted by Gasteiger charge is 2.14. The van der Waals surface area contributed by atoms with Gasteiger partial charge in [-0.15, -0.1) is 0 Å². The molecule has 168 valence electrons. The number of nitrogens with one attached hydrogen (secondary N) is 2. The fourth-order valence-corrected chi connectivity index (χ4v) is 2.84. The zero-order valence-corrected chi connectivity index (χ0v) is 17.1. The Hall–Kier alpha value is -3.73. The molecule has 2 amide bonds. The molecule has 0 aliphatic heterocycles. The van der Waals surface area contributed by atoms with Crippen molar-refractivity contribution in [3.05, 3.63) is 63.6 Å². The Morgan fingerprint density at radius 3 is 2.59 bits per heavy atom. The summed E-state index contributed by atoms with van der Waals surface area (Å²) < 4.78 is 37.1. The number of carbonyl (C=O) groups is 3. The predicted molar refractivity (Wildman–Crippen MR) is 109 cm³/mol. The molecule has 0 atom stereocenters. The van der Waals surface area contributed by atoms with E-state index >= 15 is 0 Å². The molecule has 0 radical (unpaired) electrons. The second-order valence-corrected chi connectivity index (χ2v) is 6.93. The minimum atomic E-state index is -1.13. The Balaban J connectivity index is 1.40. The van der Waals surface area contributed by atoms with E-state index < -0.39 is 48.3 Å². The van der Waals surface area contributed by atoms with Crippen LogP contribution in [0.4, 0.5) is 14.5 Å². The third kappa shape index (κ3) is 5.91. The molecular formula is C20H16ClF2N3O6. The smallest absolute Gasteiger partial charge is 0.419 e. The molecule has 3 rings (SSSR count). The van der Waals surface area contributed by atoms with Crippen LogP contribution in [0.2, 0.25) is 5.02 Å². The van der Waals surface area contributed by atoms with Gasteiger partial charge in [-0.25, -0.2) is 13.6 Å². The van der Waals surface area contributed by atoms with E-state index in [4.69, 9.17) is 20.8 Å². The van der Waals surface area contributed by atoms with Gasteiger partial charge in [-0.2, -0.15) is 0 Å². The maximum absolute atomic E-state index is 13.1. The maximum Gasteiger partial charge on any atom is 0.419 e. The quantitative estimate of drug-likeness (QED) is 0.490. The van der Waals surface area contributed by atoms with Gasteiger partial charge in [0.2, 0.25) is 5.91 Å². The predicted octanol–water partition coefficient (Wildman–Crippen LogP) is 2.21. The van der Waals surface area contributed by atoms with Crippen LogP contribution in [0.3, 0.4) is 0 Å². The van der Waals surface area contributed by atoms with Crippen LogP contribution in [-0.2, 0) is 25.7 Å². The molecule has 1 aromatic heterocycles. The van der Waals surface area contributed by atoms with E-state index in [9.17, 15) is 28.0 Å². The molecule has 0 aliphatic carbocycles. The van der Waals surface area contributed by atoms with Gasteiger partial charge in [0, 0.05) is 29.4 Å². The summed E-state index contributed by atoms with van der Waals surface area (Å²) in [4.78, 5) is 47.3. The zero-order chi connectivity index (χ0) is 23.3. The Bertz CT molecular complexity index is 1240. The van der Waals surface area contributed by atoms with Gasteiger partial charge in [0.1, 0.15) is 0 Å². The number of ether oxygens (including phenoxy) is 1. The summed E-state index contributed by atoms with van der Waals surface area (Å²) in [6, 6.07) is 7.41. The first-order valence-corrected chi connectivity index (χ1v) is 9.57. The second-order valence-electron chi connectivity index (χ2n) is 6.50. The van der Waals surface area contributed by atoms with Crippen molar-refractivity contribution in [3.63, 3.8) is 0 Å². The first-order chi connectivity index (χ1) is 15.2. The SMILES string of the molecule is O=C(COC(=O)CCn1c(=O)oc2cc(Cl)ccc21)NCC(=O)Nc1ccc(F)c(F)c1. The lowest BCUT2D eigenvalue weighted by molar-refractivity contribution is -0.148. The Labute approximate surface area is 183 Å². The van der Waals surface area contributed by atoms with Crippen molar-refractivity contribution in [2.75, 3.05) is 18.5 Å². The van der Waals surface area contributed by atoms with Crippen LogP contribution in [0.1, 0.15) is 6.42 Å². The van der Waals surface area contributed by atoms with E-state index in [2.05, 4.69) is 10.6 Å². The highest BCUT2D eigenvalue weighted by Crippen LogP contribution is 2.18. The minimum absolute atomic E-state index is 0.0128. The van der Waals surface area contributed by atoms with E-state index in [0.717, 1.165) is 18.2 Å². The first kappa shape index (κ1) is 22.9. The molecule has 0 unspecified atom stereocenters. The van der Waals surface area contributed by atoms with Crippen LogP contribution in [0, 0.1) is 11.6 Å². The van der Waals surface area contributed by atoms with Crippen molar-refractivity contribution in [3.8, 4) is 0 Å². The third-order valence-corrected chi connectivity index (χ3v) is 4.42. The number of oxazole rings is 1. The Kier molecular flexibility index (Phi) is 7.21. The fourth-order valence-electron chi connectivity index (χ4n) is 2.68. The van der Waals surface area contributed by atoms with Gasteiger partial charge in [0.05, 0.1) is 18.5 Å². The number of aryl methyl sites for hydroxylation is 1. The number of benzene rings is 2. The molecule has 2 aromatic carbocycles. The van der Waals surface area contributed by atoms with Gasteiger partial charge >= 0.3 is 11.7 Å². The summed E-state index contributed by atoms with van der Waals surface area (Å²) in [5.41, 5.74) is 0.743. The van der Waals surface area contributed by atoms with Crippen molar-refractivity contribution in [2.45, 2.75) is 13.0 Å². The molecule has 0 saturated heterocycles. The molecule has 1 heterocycles. The fraction of sp³-hybridized carbons (Fsp3) is 0.200. The number of aromatic nitrogens is 1. The summed E-state index contributed by atoms with van der Waals surface area (Å²) in [7, 11) is 0. The summed E-state index contributed by atoms with van der Waals surface area (Å²) in [5, 5.41) is 4.88. The molecule has 0 aliphatic rings. The van der Waals surface area contributed by atoms with Crippen molar-refractivity contribution >= 4 is 46.2 Å². The van der Waals surface area contributed by atoms with Gasteiger partial charge in [-0.3, -0.25) is 19.0 Å². The number of halogens is 3. The number of esters is 1. The van der Waals surface area contributed by atoms with E-state index in [-0.39, 0.29) is 24.2 Å². The summed E-state index contributed by atoms with van der Waals surface area (Å²) in [5.74, 6) is -5.05. The van der Waals surface area contributed by atoms with Crippen molar-refractivity contribution in [1.82, 2.24) is 9.88 Å². The molecule has 12 heteroatoms. The van der Waals surface area contributed by atoms with Crippen LogP contribution >= 0.6 is 11.6 Å². The molecule has 32 heavy (non-hydrogen) atoms. The van der Waals surface area contributed by atoms with Gasteiger partial charge < -0.3 is 19.8 Å². The van der Waals surface area contributed by atoms with E-state index in [1.807, 2.05) is 0 Å². The maximum atomic E-state index is 13.1. The minimum Gasteiger partial charge on any atom is -0.456 e. The number of hydrogen-bond donors (Lipinski definition) is 2. The summed E-state index contributed by atoms with van der Waals surface area (Å²) >= 11 is 5.84. The highest BCUT2D eigenvalue weighted by molar-refractivity contribution is 6.31. The number of nitrogens with zero attached hydrogens (tertiary/aromatic N) is 1. The van der Waals surface area contributed by atoms with E-state index in [1.165, 1.54) is 10.6 Å². The van der Waals surface area contributed by atoms with Crippen LogP contribution in [0.15, 0.2) is 45.6 Å². The largest absolute Gasteiger partial charge is 0.456 e. The van der Waals surface area contributed by atoms with E-state index in [0.29, 0.717) is 10.5 Å². The van der Waals surface area contributed by atoms with Crippen molar-refractivity contribution in [1.29, 1.82) is 0 Å². The number of amides is 2. The first-order valence-electron chi connectivity index (χ1n) is 9.19. The third-order valence-electron chi connectivity index (χ3n) is 4.18. The molecule has 0 saturated carbocycles. The summed E-state index contributed by atoms with van der Waals surface area (Å²) in [6.07, 6.45) is -0.207. The molecule has 0 bridgehead atoms. The number of fused-ring (bicyclic) bond motifs is 1. The van der Waals surface area contributed by atoms with Crippen molar-refractivity contribution < 1.29 is 32.3 Å². The van der Waals surface area contributed by atoms with Gasteiger partial charge in [0.15, 0.2) is 23.8 Å². The molecule has 2 N–H and O–H groups in total. The normalized spacial score (nSPS) is 10.7. The van der Waals surface area contributed by atoms with Gasteiger partial charge in [-0.1, -0.05) is 11.6 Å². The Morgan fingerprint density at radius 1 is 1.06 bits per heavy atom. The molecular weight excluding hydrogens is 452 g/mol. The second kappa shape index (κ2) is 10.1. The molecule has 9 nitrogen and oxygen atoms in total. The lowest BCUT2D eigenvalue weighted by Gasteiger charge is -2.08. The lowest BCUT2D eigenvalue weighted by atomic mass is 10.3. The number of carbonyl (C=O) groups excluding carboxylic acids is 3. The molecule has 0 fully saturated rings. The van der Waals surface area contributed by atoms with Crippen LogP contribution in [-0.4, -0.2) is 35.5 Å². The number of rotatable bonds is 8. The molecule has 0 spiro atoms. The van der Waals surface area contributed by atoms with Crippen molar-refractivity contribution in [2.24, 2.45) is 0 Å². The van der Waals surface area contributed by atoms with Gasteiger partial charge in [-0.05, 0) is 24.3 Å². The monoisotopic (exact) mass is 467 g/mol. The molecule has 3 aromatic rings. The average Bonchev–Trinajstić information content (AvgIpc) is 3.05. The van der Waals surface area contributed by atoms with Crippen LogP contribution in [0.25, 0.3) is 11.1 Å². The lowest BCUT2D eigenvalue weighted by Crippen LogP contribution is -2.35. The standard InChI is InChI=1S/C20H16ClF2N3O6/c21-11-1-4-15-16(7-11)32-20(30)26(15)6-5-19(29)31-10-18(28)24-9-17(27)25-12-2-3-13(22)14(23)8-12/h1-4,7-8H,5-6,9-10H2,(H,24,28)(H,25,27). The zero-order valence-electron chi connectivity index (χ0n) is 16.3. The number of anilines is 1. The van der Waals surface area contributed by atoms with Gasteiger partial charge in [0.25, 0.3) is 5.91 Å². The van der Waals surface area contributed by atoms with E-state index in [1.54, 1.807) is 12.1 Å². The Morgan fingerprint density at radius 2 is 1.84 bits per heavy atom. The van der Waals surface area contributed by atoms with Crippen LogP contribution in [0.5, 0.6) is 0 Å².